The minimum absolute atomic E-state index is 0.0785. The van der Waals surface area contributed by atoms with Gasteiger partial charge in [0.05, 0.1) is 6.04 Å². The van der Waals surface area contributed by atoms with Crippen molar-refractivity contribution < 1.29 is 4.79 Å². The normalized spacial score (nSPS) is 19.6. The minimum atomic E-state index is -0.183. The van der Waals surface area contributed by atoms with Gasteiger partial charge in [-0.05, 0) is 25.7 Å². The van der Waals surface area contributed by atoms with Crippen LogP contribution in [0.5, 0.6) is 0 Å². The van der Waals surface area contributed by atoms with Crippen LogP contribution in [-0.4, -0.2) is 26.5 Å². The summed E-state index contributed by atoms with van der Waals surface area (Å²) in [5.41, 5.74) is 0. The standard InChI is InChI=1S/C9H15N5O/c1-5(7-3-4-7)9(15)10-6(2)8-11-13-14-12-8/h5-7H,3-4H2,1-2H3,(H,10,15)(H,11,12,13,14). The van der Waals surface area contributed by atoms with Crippen LogP contribution in [0.4, 0.5) is 0 Å². The monoisotopic (exact) mass is 209 g/mol. The van der Waals surface area contributed by atoms with Crippen molar-refractivity contribution in [2.24, 2.45) is 11.8 Å². The number of nitrogens with one attached hydrogen (secondary N) is 2. The van der Waals surface area contributed by atoms with Gasteiger partial charge in [-0.2, -0.15) is 5.21 Å². The lowest BCUT2D eigenvalue weighted by Gasteiger charge is -2.14. The summed E-state index contributed by atoms with van der Waals surface area (Å²) in [6.07, 6.45) is 2.34. The van der Waals surface area contributed by atoms with Crippen molar-refractivity contribution in [3.05, 3.63) is 5.82 Å². The molecule has 0 saturated heterocycles. The molecule has 2 N–H and O–H groups in total. The van der Waals surface area contributed by atoms with Gasteiger partial charge in [-0.3, -0.25) is 4.79 Å². The molecule has 1 heterocycles. The SMILES string of the molecule is CC(NC(=O)C(C)C1CC1)c1nn[nH]n1. The third-order valence-electron chi connectivity index (χ3n) is 2.85. The van der Waals surface area contributed by atoms with Gasteiger partial charge in [0.2, 0.25) is 5.91 Å². The number of nitrogens with zero attached hydrogens (tertiary/aromatic N) is 3. The molecule has 2 unspecified atom stereocenters. The smallest absolute Gasteiger partial charge is 0.223 e. The van der Waals surface area contributed by atoms with E-state index < -0.39 is 0 Å². The van der Waals surface area contributed by atoms with E-state index in [2.05, 4.69) is 25.9 Å². The van der Waals surface area contributed by atoms with Crippen molar-refractivity contribution in [1.29, 1.82) is 0 Å². The zero-order valence-corrected chi connectivity index (χ0v) is 8.90. The Morgan fingerprint density at radius 2 is 2.27 bits per heavy atom. The van der Waals surface area contributed by atoms with Crippen LogP contribution in [0.1, 0.15) is 38.6 Å². The lowest BCUT2D eigenvalue weighted by atomic mass is 10.1. The van der Waals surface area contributed by atoms with Gasteiger partial charge in [0.1, 0.15) is 0 Å². The van der Waals surface area contributed by atoms with Gasteiger partial charge in [-0.25, -0.2) is 0 Å². The average Bonchev–Trinajstić information content (AvgIpc) is 2.91. The maximum absolute atomic E-state index is 11.7. The van der Waals surface area contributed by atoms with Gasteiger partial charge >= 0.3 is 0 Å². The quantitative estimate of drug-likeness (QED) is 0.752. The number of aromatic amines is 1. The zero-order valence-electron chi connectivity index (χ0n) is 8.90. The number of H-pyrrole nitrogens is 1. The molecule has 0 bridgehead atoms. The van der Waals surface area contributed by atoms with E-state index in [1.165, 1.54) is 12.8 Å². The van der Waals surface area contributed by atoms with Crippen molar-refractivity contribution in [1.82, 2.24) is 25.9 Å². The van der Waals surface area contributed by atoms with Crippen molar-refractivity contribution in [3.63, 3.8) is 0 Å². The Morgan fingerprint density at radius 1 is 1.53 bits per heavy atom. The summed E-state index contributed by atoms with van der Waals surface area (Å²) in [5.74, 6) is 1.27. The minimum Gasteiger partial charge on any atom is -0.346 e. The van der Waals surface area contributed by atoms with Gasteiger partial charge in [-0.1, -0.05) is 12.1 Å². The molecule has 0 radical (unpaired) electrons. The molecule has 1 saturated carbocycles. The predicted octanol–water partition coefficient (Wildman–Crippen LogP) is 0.423. The molecule has 6 heteroatoms. The third kappa shape index (κ3) is 2.31. The predicted molar refractivity (Wildman–Crippen MR) is 52.6 cm³/mol. The fourth-order valence-corrected chi connectivity index (χ4v) is 1.57. The van der Waals surface area contributed by atoms with Crippen LogP contribution in [0.25, 0.3) is 0 Å². The average molecular weight is 209 g/mol. The first-order valence-corrected chi connectivity index (χ1v) is 5.22. The second-order valence-electron chi connectivity index (χ2n) is 4.13. The Hall–Kier alpha value is -1.46. The first-order chi connectivity index (χ1) is 7.18. The molecule has 1 amide bonds. The van der Waals surface area contributed by atoms with Gasteiger partial charge in [0, 0.05) is 5.92 Å². The number of hydrogen-bond donors (Lipinski definition) is 2. The fourth-order valence-electron chi connectivity index (χ4n) is 1.57. The third-order valence-corrected chi connectivity index (χ3v) is 2.85. The summed E-state index contributed by atoms with van der Waals surface area (Å²) >= 11 is 0. The Labute approximate surface area is 87.8 Å². The van der Waals surface area contributed by atoms with E-state index in [4.69, 9.17) is 0 Å². The summed E-state index contributed by atoms with van der Waals surface area (Å²) in [5, 5.41) is 16.4. The van der Waals surface area contributed by atoms with E-state index in [0.29, 0.717) is 11.7 Å². The van der Waals surface area contributed by atoms with E-state index in [1.807, 2.05) is 13.8 Å². The lowest BCUT2D eigenvalue weighted by Crippen LogP contribution is -2.32. The van der Waals surface area contributed by atoms with E-state index in [9.17, 15) is 4.79 Å². The summed E-state index contributed by atoms with van der Waals surface area (Å²) in [6, 6.07) is -0.183. The van der Waals surface area contributed by atoms with E-state index in [1.54, 1.807) is 0 Å². The highest BCUT2D eigenvalue weighted by Gasteiger charge is 2.33. The van der Waals surface area contributed by atoms with Crippen LogP contribution in [0, 0.1) is 11.8 Å². The number of carbonyl (C=O) groups is 1. The van der Waals surface area contributed by atoms with Crippen LogP contribution in [0.15, 0.2) is 0 Å². The molecule has 15 heavy (non-hydrogen) atoms. The summed E-state index contributed by atoms with van der Waals surface area (Å²) < 4.78 is 0. The Morgan fingerprint density at radius 3 is 2.80 bits per heavy atom. The second-order valence-corrected chi connectivity index (χ2v) is 4.13. The molecule has 0 aromatic carbocycles. The van der Waals surface area contributed by atoms with Crippen molar-refractivity contribution in [3.8, 4) is 0 Å². The Bertz CT molecular complexity index is 332. The van der Waals surface area contributed by atoms with Gasteiger partial charge in [0.25, 0.3) is 0 Å². The topological polar surface area (TPSA) is 83.6 Å². The van der Waals surface area contributed by atoms with Crippen LogP contribution in [0.3, 0.4) is 0 Å². The largest absolute Gasteiger partial charge is 0.346 e. The van der Waals surface area contributed by atoms with E-state index in [-0.39, 0.29) is 17.9 Å². The van der Waals surface area contributed by atoms with Crippen molar-refractivity contribution >= 4 is 5.91 Å². The lowest BCUT2D eigenvalue weighted by molar-refractivity contribution is -0.125. The highest BCUT2D eigenvalue weighted by molar-refractivity contribution is 5.79. The van der Waals surface area contributed by atoms with Crippen LogP contribution in [0.2, 0.25) is 0 Å². The number of carbonyl (C=O) groups excluding carboxylic acids is 1. The molecule has 0 aliphatic heterocycles. The zero-order chi connectivity index (χ0) is 10.8. The first-order valence-electron chi connectivity index (χ1n) is 5.22. The first kappa shape index (κ1) is 10.1. The molecule has 0 spiro atoms. The molecule has 1 aromatic rings. The molecule has 2 atom stereocenters. The molecule has 1 aliphatic rings. The maximum atomic E-state index is 11.7. The molecule has 1 aliphatic carbocycles. The molecule has 82 valence electrons. The van der Waals surface area contributed by atoms with Crippen molar-refractivity contribution in [2.45, 2.75) is 32.7 Å². The Kier molecular flexibility index (Phi) is 2.66. The molecular weight excluding hydrogens is 194 g/mol. The highest BCUT2D eigenvalue weighted by Crippen LogP contribution is 2.36. The Balaban J connectivity index is 1.88. The summed E-state index contributed by atoms with van der Waals surface area (Å²) in [7, 11) is 0. The van der Waals surface area contributed by atoms with Crippen LogP contribution < -0.4 is 5.32 Å². The van der Waals surface area contributed by atoms with E-state index in [0.717, 1.165) is 0 Å². The van der Waals surface area contributed by atoms with Crippen LogP contribution >= 0.6 is 0 Å². The summed E-state index contributed by atoms with van der Waals surface area (Å²) in [4.78, 5) is 11.7. The van der Waals surface area contributed by atoms with Gasteiger partial charge in [-0.15, -0.1) is 10.2 Å². The number of amides is 1. The van der Waals surface area contributed by atoms with Crippen molar-refractivity contribution in [2.75, 3.05) is 0 Å². The van der Waals surface area contributed by atoms with Crippen LogP contribution in [-0.2, 0) is 4.79 Å². The molecule has 6 nitrogen and oxygen atoms in total. The molecule has 1 aromatic heterocycles. The number of tetrazole rings is 1. The molecule has 1 fully saturated rings. The number of rotatable bonds is 4. The number of hydrogen-bond acceptors (Lipinski definition) is 4. The highest BCUT2D eigenvalue weighted by atomic mass is 16.2. The maximum Gasteiger partial charge on any atom is 0.223 e. The molecule has 2 rings (SSSR count). The number of aromatic nitrogens is 4. The van der Waals surface area contributed by atoms with Gasteiger partial charge < -0.3 is 5.32 Å². The van der Waals surface area contributed by atoms with Gasteiger partial charge in [0.15, 0.2) is 5.82 Å². The second kappa shape index (κ2) is 3.96. The van der Waals surface area contributed by atoms with E-state index >= 15 is 0 Å². The summed E-state index contributed by atoms with van der Waals surface area (Å²) in [6.45, 7) is 3.82. The molecular formula is C9H15N5O. The fraction of sp³-hybridized carbons (Fsp3) is 0.778.